The third kappa shape index (κ3) is 5.31. The molecule has 0 aliphatic rings. The van der Waals surface area contributed by atoms with Crippen LogP contribution in [0.4, 0.5) is 23.0 Å². The summed E-state index contributed by atoms with van der Waals surface area (Å²) in [6.45, 7) is 10.1. The van der Waals surface area contributed by atoms with Gasteiger partial charge in [-0.25, -0.2) is 9.97 Å². The summed E-state index contributed by atoms with van der Waals surface area (Å²) in [6.07, 6.45) is 0. The maximum absolute atomic E-state index is 12.6. The molecular weight excluding hydrogens is 362 g/mol. The number of aromatic nitrogens is 2. The average Bonchev–Trinajstić information content (AvgIpc) is 2.71. The topological polar surface area (TPSA) is 70.2 Å². The number of hydrogen-bond acceptors (Lipinski definition) is 5. The van der Waals surface area contributed by atoms with Gasteiger partial charge >= 0.3 is 0 Å². The van der Waals surface area contributed by atoms with Crippen LogP contribution >= 0.6 is 0 Å². The minimum absolute atomic E-state index is 0.265. The third-order valence-electron chi connectivity index (χ3n) is 4.65. The molecule has 0 atom stereocenters. The lowest BCUT2D eigenvalue weighted by Gasteiger charge is -2.21. The molecule has 0 radical (unpaired) electrons. The van der Waals surface area contributed by atoms with E-state index in [4.69, 9.17) is 0 Å². The molecule has 3 aromatic rings. The van der Waals surface area contributed by atoms with Crippen molar-refractivity contribution in [1.82, 2.24) is 9.97 Å². The van der Waals surface area contributed by atoms with Gasteiger partial charge in [-0.2, -0.15) is 0 Å². The van der Waals surface area contributed by atoms with Crippen molar-refractivity contribution in [2.75, 3.05) is 28.6 Å². The molecule has 150 valence electrons. The molecular formula is C23H27N5O. The van der Waals surface area contributed by atoms with Crippen molar-refractivity contribution in [3.63, 3.8) is 0 Å². The molecule has 6 nitrogen and oxygen atoms in total. The number of amides is 1. The molecule has 1 aromatic heterocycles. The first kappa shape index (κ1) is 20.3. The number of hydrogen-bond donors (Lipinski definition) is 2. The van der Waals surface area contributed by atoms with E-state index in [1.165, 1.54) is 5.69 Å². The highest BCUT2D eigenvalue weighted by Gasteiger charge is 2.11. The Bertz CT molecular complexity index is 964. The molecule has 3 rings (SSSR count). The maximum atomic E-state index is 12.6. The zero-order chi connectivity index (χ0) is 20.8. The number of carbonyl (C=O) groups excluding carboxylic acids is 1. The Morgan fingerprint density at radius 1 is 0.897 bits per heavy atom. The van der Waals surface area contributed by atoms with Crippen molar-refractivity contribution in [2.24, 2.45) is 0 Å². The summed E-state index contributed by atoms with van der Waals surface area (Å²) < 4.78 is 0. The molecule has 0 saturated heterocycles. The smallest absolute Gasteiger partial charge is 0.274 e. The normalized spacial score (nSPS) is 10.5. The van der Waals surface area contributed by atoms with E-state index in [-0.39, 0.29) is 5.91 Å². The van der Waals surface area contributed by atoms with E-state index < -0.39 is 0 Å². The lowest BCUT2D eigenvalue weighted by atomic mass is 10.2. The van der Waals surface area contributed by atoms with Crippen molar-refractivity contribution in [2.45, 2.75) is 27.7 Å². The van der Waals surface area contributed by atoms with Crippen LogP contribution in [0.1, 0.15) is 35.6 Å². The summed E-state index contributed by atoms with van der Waals surface area (Å²) in [6, 6.07) is 17.4. The summed E-state index contributed by atoms with van der Waals surface area (Å²) in [5.74, 6) is 0.133. The van der Waals surface area contributed by atoms with E-state index in [2.05, 4.69) is 51.5 Å². The van der Waals surface area contributed by atoms with Gasteiger partial charge in [-0.3, -0.25) is 4.79 Å². The summed E-state index contributed by atoms with van der Waals surface area (Å²) in [5, 5.41) is 6.07. The molecule has 1 amide bonds. The standard InChI is InChI=1S/C23H27N5O/c1-5-28(6-2)20-13-11-19(12-14-20)26-23-24-17(4)15-21(27-23)22(29)25-18-9-7-16(3)8-10-18/h7-15H,5-6H2,1-4H3,(H,25,29)(H,24,26,27). The van der Waals surface area contributed by atoms with Crippen LogP contribution < -0.4 is 15.5 Å². The Balaban J connectivity index is 1.74. The third-order valence-corrected chi connectivity index (χ3v) is 4.65. The van der Waals surface area contributed by atoms with Gasteiger partial charge in [-0.15, -0.1) is 0 Å². The predicted molar refractivity (Wildman–Crippen MR) is 119 cm³/mol. The molecule has 0 spiro atoms. The van der Waals surface area contributed by atoms with Crippen LogP contribution in [-0.2, 0) is 0 Å². The SMILES string of the molecule is CCN(CC)c1ccc(Nc2nc(C)cc(C(=O)Nc3ccc(C)cc3)n2)cc1. The molecule has 0 aliphatic carbocycles. The summed E-state index contributed by atoms with van der Waals surface area (Å²) in [7, 11) is 0. The van der Waals surface area contributed by atoms with Gasteiger partial charge in [-0.1, -0.05) is 17.7 Å². The fraction of sp³-hybridized carbons (Fsp3) is 0.261. The van der Waals surface area contributed by atoms with E-state index >= 15 is 0 Å². The first-order valence-electron chi connectivity index (χ1n) is 9.84. The number of rotatable bonds is 7. The van der Waals surface area contributed by atoms with E-state index in [1.807, 2.05) is 50.2 Å². The molecule has 0 fully saturated rings. The second kappa shape index (κ2) is 9.19. The number of aryl methyl sites for hydroxylation is 2. The summed E-state index contributed by atoms with van der Waals surface area (Å²) >= 11 is 0. The van der Waals surface area contributed by atoms with Gasteiger partial charge in [0.05, 0.1) is 0 Å². The van der Waals surface area contributed by atoms with E-state index in [0.29, 0.717) is 11.6 Å². The van der Waals surface area contributed by atoms with Crippen molar-refractivity contribution in [1.29, 1.82) is 0 Å². The highest BCUT2D eigenvalue weighted by molar-refractivity contribution is 6.03. The largest absolute Gasteiger partial charge is 0.372 e. The van der Waals surface area contributed by atoms with Crippen LogP contribution in [0.5, 0.6) is 0 Å². The molecule has 0 bridgehead atoms. The van der Waals surface area contributed by atoms with Gasteiger partial charge in [0.2, 0.25) is 5.95 Å². The number of carbonyl (C=O) groups is 1. The highest BCUT2D eigenvalue weighted by atomic mass is 16.1. The van der Waals surface area contributed by atoms with Crippen molar-refractivity contribution in [3.8, 4) is 0 Å². The van der Waals surface area contributed by atoms with Crippen LogP contribution in [0.15, 0.2) is 54.6 Å². The lowest BCUT2D eigenvalue weighted by molar-refractivity contribution is 0.102. The van der Waals surface area contributed by atoms with Crippen molar-refractivity contribution in [3.05, 3.63) is 71.5 Å². The van der Waals surface area contributed by atoms with Gasteiger partial charge in [0.15, 0.2) is 0 Å². The van der Waals surface area contributed by atoms with Crippen LogP contribution in [0.3, 0.4) is 0 Å². The first-order valence-corrected chi connectivity index (χ1v) is 9.84. The van der Waals surface area contributed by atoms with Crippen LogP contribution in [0.25, 0.3) is 0 Å². The van der Waals surface area contributed by atoms with Crippen molar-refractivity contribution < 1.29 is 4.79 Å². The average molecular weight is 390 g/mol. The Morgan fingerprint density at radius 2 is 1.52 bits per heavy atom. The minimum atomic E-state index is -0.265. The highest BCUT2D eigenvalue weighted by Crippen LogP contribution is 2.20. The molecule has 1 heterocycles. The molecule has 0 saturated carbocycles. The fourth-order valence-corrected chi connectivity index (χ4v) is 3.05. The number of anilines is 4. The Morgan fingerprint density at radius 3 is 2.14 bits per heavy atom. The van der Waals surface area contributed by atoms with Crippen LogP contribution in [-0.4, -0.2) is 29.0 Å². The predicted octanol–water partition coefficient (Wildman–Crippen LogP) is 4.94. The maximum Gasteiger partial charge on any atom is 0.274 e. The quantitative estimate of drug-likeness (QED) is 0.599. The first-order chi connectivity index (χ1) is 14.0. The molecule has 29 heavy (non-hydrogen) atoms. The van der Waals surface area contributed by atoms with Crippen LogP contribution in [0.2, 0.25) is 0 Å². The summed E-state index contributed by atoms with van der Waals surface area (Å²) in [5.41, 5.74) is 4.95. The monoisotopic (exact) mass is 389 g/mol. The molecule has 2 aromatic carbocycles. The van der Waals surface area contributed by atoms with Crippen molar-refractivity contribution >= 4 is 28.9 Å². The second-order valence-corrected chi connectivity index (χ2v) is 6.88. The zero-order valence-electron chi connectivity index (χ0n) is 17.4. The number of nitrogens with one attached hydrogen (secondary N) is 2. The lowest BCUT2D eigenvalue weighted by Crippen LogP contribution is -2.21. The molecule has 0 aliphatic heterocycles. The van der Waals surface area contributed by atoms with Gasteiger partial charge in [0.1, 0.15) is 5.69 Å². The Labute approximate surface area is 172 Å². The Hall–Kier alpha value is -3.41. The summed E-state index contributed by atoms with van der Waals surface area (Å²) in [4.78, 5) is 23.7. The van der Waals surface area contributed by atoms with E-state index in [1.54, 1.807) is 6.07 Å². The molecule has 6 heteroatoms. The fourth-order valence-electron chi connectivity index (χ4n) is 3.05. The zero-order valence-corrected chi connectivity index (χ0v) is 17.4. The number of benzene rings is 2. The minimum Gasteiger partial charge on any atom is -0.372 e. The van der Waals surface area contributed by atoms with Gasteiger partial charge in [-0.05, 0) is 70.2 Å². The van der Waals surface area contributed by atoms with Crippen LogP contribution in [0, 0.1) is 13.8 Å². The molecule has 2 N–H and O–H groups in total. The molecule has 0 unspecified atom stereocenters. The van der Waals surface area contributed by atoms with E-state index in [0.717, 1.165) is 35.7 Å². The second-order valence-electron chi connectivity index (χ2n) is 6.88. The van der Waals surface area contributed by atoms with Gasteiger partial charge < -0.3 is 15.5 Å². The van der Waals surface area contributed by atoms with E-state index in [9.17, 15) is 4.79 Å². The number of nitrogens with zero attached hydrogens (tertiary/aromatic N) is 3. The van der Waals surface area contributed by atoms with Gasteiger partial charge in [0.25, 0.3) is 5.91 Å². The Kier molecular flexibility index (Phi) is 6.44. The van der Waals surface area contributed by atoms with Gasteiger partial charge in [0, 0.05) is 35.8 Å².